The zero-order chi connectivity index (χ0) is 27.4. The molecular formula is C30H36F3NO4. The van der Waals surface area contributed by atoms with Crippen molar-refractivity contribution in [1.29, 1.82) is 0 Å². The van der Waals surface area contributed by atoms with Gasteiger partial charge in [-0.1, -0.05) is 24.6 Å². The van der Waals surface area contributed by atoms with Gasteiger partial charge in [-0.2, -0.15) is 13.2 Å². The van der Waals surface area contributed by atoms with Crippen LogP contribution in [-0.4, -0.2) is 35.7 Å². The van der Waals surface area contributed by atoms with Crippen molar-refractivity contribution in [3.63, 3.8) is 0 Å². The summed E-state index contributed by atoms with van der Waals surface area (Å²) in [5, 5.41) is 9.18. The number of aromatic hydroxyl groups is 1. The molecule has 2 aliphatic heterocycles. The summed E-state index contributed by atoms with van der Waals surface area (Å²) in [4.78, 5) is 11.7. The van der Waals surface area contributed by atoms with E-state index in [0.29, 0.717) is 24.1 Å². The van der Waals surface area contributed by atoms with Crippen LogP contribution in [0.15, 0.2) is 42.1 Å². The molecule has 0 spiro atoms. The van der Waals surface area contributed by atoms with Gasteiger partial charge in [0, 0.05) is 37.1 Å². The third kappa shape index (κ3) is 6.27. The first-order valence-corrected chi connectivity index (χ1v) is 13.3. The topological polar surface area (TPSA) is 59.0 Å². The number of esters is 1. The molecule has 2 unspecified atom stereocenters. The summed E-state index contributed by atoms with van der Waals surface area (Å²) >= 11 is 0. The van der Waals surface area contributed by atoms with E-state index in [1.807, 2.05) is 6.07 Å². The van der Waals surface area contributed by atoms with E-state index in [2.05, 4.69) is 22.8 Å². The molecule has 206 valence electrons. The molecule has 8 heteroatoms. The number of halogens is 3. The molecule has 0 saturated heterocycles. The fourth-order valence-corrected chi connectivity index (χ4v) is 5.75. The van der Waals surface area contributed by atoms with Gasteiger partial charge in [0.1, 0.15) is 11.5 Å². The molecule has 38 heavy (non-hydrogen) atoms. The molecule has 2 atom stereocenters. The first-order valence-electron chi connectivity index (χ1n) is 13.3. The number of nitrogens with zero attached hydrogens (tertiary/aromatic N) is 1. The average Bonchev–Trinajstić information content (AvgIpc) is 3.67. The minimum absolute atomic E-state index is 0.245. The number of methoxy groups -OCH3 is 1. The Morgan fingerprint density at radius 1 is 1.18 bits per heavy atom. The number of rotatable bonds is 3. The standard InChI is InChI=1S/C17H18F3N.C10H12O2.C3H6O2/c18-17(19,20)16-7-5-12-2-1-3-14(12)15(16)10-21-9-11-4-6-13(21)8-11;1-2-7-6-12-10-5-8(11)3-4-9(7)10;1-3(4)5-2/h5,7,9,13H,1-4,6,8,10H2;3-5,7,11H,2,6H2,1H3;1-2H3. The third-order valence-electron chi connectivity index (χ3n) is 7.82. The molecule has 1 N–H and O–H groups in total. The van der Waals surface area contributed by atoms with Gasteiger partial charge in [0.05, 0.1) is 19.3 Å². The summed E-state index contributed by atoms with van der Waals surface area (Å²) in [5.74, 6) is 1.40. The van der Waals surface area contributed by atoms with E-state index in [1.165, 1.54) is 31.2 Å². The SMILES string of the molecule is CCC1COc2cc(O)ccc21.COC(C)=O.FC(F)(F)c1ccc2c(c1CN1C=C3CCC1C3)CCC2. The average molecular weight is 532 g/mol. The van der Waals surface area contributed by atoms with E-state index in [9.17, 15) is 23.1 Å². The fraction of sp³-hybridized carbons (Fsp3) is 0.500. The molecule has 5 nitrogen and oxygen atoms in total. The quantitative estimate of drug-likeness (QED) is 0.437. The summed E-state index contributed by atoms with van der Waals surface area (Å²) < 4.78 is 49.6. The van der Waals surface area contributed by atoms with Gasteiger partial charge in [-0.3, -0.25) is 4.79 Å². The van der Waals surface area contributed by atoms with Gasteiger partial charge < -0.3 is 19.5 Å². The number of hydrogen-bond acceptors (Lipinski definition) is 5. The molecule has 2 aliphatic carbocycles. The molecule has 4 aliphatic rings. The van der Waals surface area contributed by atoms with Crippen LogP contribution in [0.5, 0.6) is 11.5 Å². The van der Waals surface area contributed by atoms with Crippen molar-refractivity contribution in [3.8, 4) is 11.5 Å². The van der Waals surface area contributed by atoms with Crippen LogP contribution >= 0.6 is 0 Å². The Kier molecular flexibility index (Phi) is 8.58. The van der Waals surface area contributed by atoms with Crippen molar-refractivity contribution in [2.24, 2.45) is 0 Å². The number of aryl methyl sites for hydroxylation is 1. The highest BCUT2D eigenvalue weighted by Crippen LogP contribution is 2.42. The van der Waals surface area contributed by atoms with Crippen molar-refractivity contribution >= 4 is 5.97 Å². The summed E-state index contributed by atoms with van der Waals surface area (Å²) in [6, 6.07) is 8.76. The molecule has 0 aromatic heterocycles. The van der Waals surface area contributed by atoms with E-state index in [-0.39, 0.29) is 11.7 Å². The predicted octanol–water partition coefficient (Wildman–Crippen LogP) is 6.90. The van der Waals surface area contributed by atoms with Crippen LogP contribution in [-0.2, 0) is 35.1 Å². The Morgan fingerprint density at radius 2 is 1.95 bits per heavy atom. The Hall–Kier alpha value is -3.16. The second kappa shape index (κ2) is 11.7. The zero-order valence-corrected chi connectivity index (χ0v) is 22.2. The van der Waals surface area contributed by atoms with Crippen LogP contribution in [0, 0.1) is 0 Å². The molecule has 2 heterocycles. The minimum Gasteiger partial charge on any atom is -0.508 e. The van der Waals surface area contributed by atoms with Crippen LogP contribution in [0.1, 0.15) is 79.7 Å². The van der Waals surface area contributed by atoms with Crippen molar-refractivity contribution in [2.75, 3.05) is 13.7 Å². The number of carbonyl (C=O) groups excluding carboxylic acids is 1. The molecule has 0 amide bonds. The molecule has 6 rings (SSSR count). The van der Waals surface area contributed by atoms with Crippen molar-refractivity contribution in [3.05, 3.63) is 69.9 Å². The molecule has 2 aromatic carbocycles. The van der Waals surface area contributed by atoms with Gasteiger partial charge in [-0.15, -0.1) is 0 Å². The van der Waals surface area contributed by atoms with Crippen molar-refractivity contribution < 1.29 is 32.5 Å². The maximum Gasteiger partial charge on any atom is 0.416 e. The summed E-state index contributed by atoms with van der Waals surface area (Å²) in [6.45, 7) is 4.69. The minimum atomic E-state index is -4.25. The normalized spacial score (nSPS) is 20.4. The lowest BCUT2D eigenvalue weighted by molar-refractivity contribution is -0.139. The molecular weight excluding hydrogens is 495 g/mol. The third-order valence-corrected chi connectivity index (χ3v) is 7.82. The Bertz CT molecular complexity index is 1190. The number of alkyl halides is 3. The number of phenols is 1. The summed E-state index contributed by atoms with van der Waals surface area (Å²) in [7, 11) is 1.35. The van der Waals surface area contributed by atoms with Gasteiger partial charge in [0.2, 0.25) is 0 Å². The van der Waals surface area contributed by atoms with E-state index in [1.54, 1.807) is 18.2 Å². The maximum absolute atomic E-state index is 13.3. The lowest BCUT2D eigenvalue weighted by atomic mass is 9.96. The molecule has 1 saturated carbocycles. The largest absolute Gasteiger partial charge is 0.508 e. The van der Waals surface area contributed by atoms with Crippen molar-refractivity contribution in [2.45, 2.75) is 83.5 Å². The first kappa shape index (κ1) is 27.9. The first-order chi connectivity index (χ1) is 18.1. The zero-order valence-electron chi connectivity index (χ0n) is 22.2. The van der Waals surface area contributed by atoms with Gasteiger partial charge in [-0.05, 0) is 80.0 Å². The smallest absolute Gasteiger partial charge is 0.416 e. The van der Waals surface area contributed by atoms with E-state index >= 15 is 0 Å². The maximum atomic E-state index is 13.3. The fourth-order valence-electron chi connectivity index (χ4n) is 5.75. The highest BCUT2D eigenvalue weighted by molar-refractivity contribution is 5.65. The second-order valence-electron chi connectivity index (χ2n) is 10.3. The number of ether oxygens (including phenoxy) is 2. The van der Waals surface area contributed by atoms with Gasteiger partial charge in [0.25, 0.3) is 0 Å². The van der Waals surface area contributed by atoms with Crippen LogP contribution in [0.2, 0.25) is 0 Å². The van der Waals surface area contributed by atoms with Crippen LogP contribution in [0.3, 0.4) is 0 Å². The van der Waals surface area contributed by atoms with Crippen molar-refractivity contribution in [1.82, 2.24) is 4.90 Å². The van der Waals surface area contributed by atoms with Gasteiger partial charge in [-0.25, -0.2) is 0 Å². The lowest BCUT2D eigenvalue weighted by Crippen LogP contribution is -2.27. The Labute approximate surface area is 222 Å². The predicted molar refractivity (Wildman–Crippen MR) is 139 cm³/mol. The van der Waals surface area contributed by atoms with E-state index < -0.39 is 11.7 Å². The van der Waals surface area contributed by atoms with E-state index in [4.69, 9.17) is 4.74 Å². The Balaban J connectivity index is 0.000000167. The van der Waals surface area contributed by atoms with Crippen LogP contribution < -0.4 is 4.74 Å². The number of fused-ring (bicyclic) bond motifs is 4. The second-order valence-corrected chi connectivity index (χ2v) is 10.3. The molecule has 2 bridgehead atoms. The number of benzene rings is 2. The highest BCUT2D eigenvalue weighted by Gasteiger charge is 2.38. The van der Waals surface area contributed by atoms with Crippen LogP contribution in [0.25, 0.3) is 0 Å². The monoisotopic (exact) mass is 531 g/mol. The summed E-state index contributed by atoms with van der Waals surface area (Å²) in [6.07, 6.45) is 4.92. The lowest BCUT2D eigenvalue weighted by Gasteiger charge is -2.28. The van der Waals surface area contributed by atoms with Gasteiger partial charge in [0.15, 0.2) is 0 Å². The number of carbonyl (C=O) groups is 1. The Morgan fingerprint density at radius 3 is 2.55 bits per heavy atom. The number of phenolic OH excluding ortho intramolecular Hbond substituents is 1. The molecule has 2 aromatic rings. The highest BCUT2D eigenvalue weighted by atomic mass is 19.4. The van der Waals surface area contributed by atoms with E-state index in [0.717, 1.165) is 68.4 Å². The van der Waals surface area contributed by atoms with Crippen LogP contribution in [0.4, 0.5) is 13.2 Å². The molecule has 1 fully saturated rings. The number of hydrogen-bond donors (Lipinski definition) is 1. The van der Waals surface area contributed by atoms with Gasteiger partial charge >= 0.3 is 12.1 Å². The molecule has 0 radical (unpaired) electrons. The summed E-state index contributed by atoms with van der Waals surface area (Å²) in [5.41, 5.74) is 4.82.